The molecule has 0 amide bonds. The van der Waals surface area contributed by atoms with E-state index in [1.165, 1.54) is 18.4 Å². The van der Waals surface area contributed by atoms with Crippen LogP contribution >= 0.6 is 0 Å². The van der Waals surface area contributed by atoms with Crippen molar-refractivity contribution in [2.45, 2.75) is 32.1 Å². The molecule has 0 radical (unpaired) electrons. The van der Waals surface area contributed by atoms with Gasteiger partial charge in [-0.1, -0.05) is 18.2 Å². The van der Waals surface area contributed by atoms with Crippen LogP contribution in [0, 0.1) is 11.7 Å². The Morgan fingerprint density at radius 1 is 1.30 bits per heavy atom. The molecule has 1 aromatic rings. The third-order valence-electron chi connectivity index (χ3n) is 3.95. The van der Waals surface area contributed by atoms with Crippen LogP contribution in [-0.4, -0.2) is 19.7 Å². The molecule has 1 aliphatic heterocycles. The van der Waals surface area contributed by atoms with Gasteiger partial charge in [-0.2, -0.15) is 0 Å². The lowest BCUT2D eigenvalue weighted by atomic mass is 9.84. The van der Waals surface area contributed by atoms with Crippen LogP contribution in [0.15, 0.2) is 36.6 Å². The predicted octanol–water partition coefficient (Wildman–Crippen LogP) is 3.85. The van der Waals surface area contributed by atoms with Crippen molar-refractivity contribution in [1.29, 1.82) is 0 Å². The summed E-state index contributed by atoms with van der Waals surface area (Å²) in [7, 11) is 0. The normalized spacial score (nSPS) is 18.3. The average molecular weight is 277 g/mol. The Balaban J connectivity index is 2.00. The van der Waals surface area contributed by atoms with E-state index in [1.54, 1.807) is 18.4 Å². The first-order valence-corrected chi connectivity index (χ1v) is 7.48. The molecule has 1 unspecified atom stereocenters. The number of ether oxygens (including phenoxy) is 1. The SMILES string of the molecule is C/C=C/OCC(CC1CCNCC1)c1ccc(F)cc1. The third kappa shape index (κ3) is 4.64. The first kappa shape index (κ1) is 15.0. The minimum absolute atomic E-state index is 0.177. The number of rotatable bonds is 6. The molecule has 0 aliphatic carbocycles. The molecule has 2 rings (SSSR count). The molecule has 20 heavy (non-hydrogen) atoms. The van der Waals surface area contributed by atoms with E-state index in [2.05, 4.69) is 5.32 Å². The van der Waals surface area contributed by atoms with Crippen molar-refractivity contribution < 1.29 is 9.13 Å². The molecule has 1 N–H and O–H groups in total. The molecule has 1 aromatic carbocycles. The summed E-state index contributed by atoms with van der Waals surface area (Å²) in [5.74, 6) is 0.902. The van der Waals surface area contributed by atoms with Crippen molar-refractivity contribution in [2.24, 2.45) is 5.92 Å². The minimum atomic E-state index is -0.177. The maximum absolute atomic E-state index is 13.1. The number of hydrogen-bond donors (Lipinski definition) is 1. The number of nitrogens with one attached hydrogen (secondary N) is 1. The Morgan fingerprint density at radius 2 is 2.00 bits per heavy atom. The number of hydrogen-bond acceptors (Lipinski definition) is 2. The Kier molecular flexibility index (Phi) is 6.06. The zero-order valence-corrected chi connectivity index (χ0v) is 12.1. The molecule has 1 aliphatic rings. The highest BCUT2D eigenvalue weighted by Gasteiger charge is 2.20. The van der Waals surface area contributed by atoms with Crippen molar-refractivity contribution in [1.82, 2.24) is 5.32 Å². The highest BCUT2D eigenvalue weighted by Crippen LogP contribution is 2.29. The Bertz CT molecular complexity index is 410. The van der Waals surface area contributed by atoms with Crippen LogP contribution in [0.2, 0.25) is 0 Å². The standard InChI is InChI=1S/C17H24FNO/c1-2-11-20-13-16(12-14-7-9-19-10-8-14)15-3-5-17(18)6-4-15/h2-6,11,14,16,19H,7-10,12-13H2,1H3/b11-2+. The molecule has 0 spiro atoms. The summed E-state index contributed by atoms with van der Waals surface area (Å²) in [4.78, 5) is 0. The van der Waals surface area contributed by atoms with Gasteiger partial charge in [-0.25, -0.2) is 4.39 Å². The summed E-state index contributed by atoms with van der Waals surface area (Å²) in [6.45, 7) is 4.83. The number of halogens is 1. The summed E-state index contributed by atoms with van der Waals surface area (Å²) in [6, 6.07) is 6.86. The second-order valence-electron chi connectivity index (χ2n) is 5.48. The van der Waals surface area contributed by atoms with E-state index in [9.17, 15) is 4.39 Å². The average Bonchev–Trinajstić information content (AvgIpc) is 2.48. The largest absolute Gasteiger partial charge is 0.501 e. The van der Waals surface area contributed by atoms with E-state index in [0.717, 1.165) is 25.4 Å². The first-order chi connectivity index (χ1) is 9.79. The molecule has 1 fully saturated rings. The lowest BCUT2D eigenvalue weighted by Crippen LogP contribution is -2.29. The van der Waals surface area contributed by atoms with Crippen LogP contribution in [0.1, 0.15) is 37.7 Å². The molecule has 1 heterocycles. The molecule has 0 aromatic heterocycles. The lowest BCUT2D eigenvalue weighted by Gasteiger charge is -2.27. The van der Waals surface area contributed by atoms with Gasteiger partial charge >= 0.3 is 0 Å². The molecule has 1 atom stereocenters. The second kappa shape index (κ2) is 8.05. The molecule has 1 saturated heterocycles. The number of benzene rings is 1. The molecule has 3 heteroatoms. The molecule has 0 bridgehead atoms. The summed E-state index contributed by atoms with van der Waals surface area (Å²) in [5, 5.41) is 3.40. The van der Waals surface area contributed by atoms with Gasteiger partial charge in [0.25, 0.3) is 0 Å². The highest BCUT2D eigenvalue weighted by molar-refractivity contribution is 5.20. The van der Waals surface area contributed by atoms with Gasteiger partial charge in [-0.05, 0) is 62.9 Å². The molecule has 0 saturated carbocycles. The van der Waals surface area contributed by atoms with Gasteiger partial charge < -0.3 is 10.1 Å². The summed E-state index contributed by atoms with van der Waals surface area (Å²) < 4.78 is 18.6. The monoisotopic (exact) mass is 277 g/mol. The fraction of sp³-hybridized carbons (Fsp3) is 0.529. The maximum Gasteiger partial charge on any atom is 0.123 e. The van der Waals surface area contributed by atoms with Crippen molar-refractivity contribution in [3.05, 3.63) is 48.0 Å². The van der Waals surface area contributed by atoms with Crippen LogP contribution in [0.5, 0.6) is 0 Å². The van der Waals surface area contributed by atoms with Crippen molar-refractivity contribution in [3.8, 4) is 0 Å². The van der Waals surface area contributed by atoms with Gasteiger partial charge in [0.1, 0.15) is 5.82 Å². The van der Waals surface area contributed by atoms with Gasteiger partial charge in [0, 0.05) is 5.92 Å². The second-order valence-corrected chi connectivity index (χ2v) is 5.48. The van der Waals surface area contributed by atoms with E-state index in [-0.39, 0.29) is 5.82 Å². The molecular formula is C17H24FNO. The van der Waals surface area contributed by atoms with Gasteiger partial charge in [-0.3, -0.25) is 0 Å². The molecular weight excluding hydrogens is 253 g/mol. The van der Waals surface area contributed by atoms with E-state index in [1.807, 2.05) is 25.1 Å². The van der Waals surface area contributed by atoms with E-state index < -0.39 is 0 Å². The fourth-order valence-electron chi connectivity index (χ4n) is 2.82. The van der Waals surface area contributed by atoms with Gasteiger partial charge in [0.15, 0.2) is 0 Å². The van der Waals surface area contributed by atoms with E-state index >= 15 is 0 Å². The van der Waals surface area contributed by atoms with Gasteiger partial charge in [-0.15, -0.1) is 0 Å². The number of allylic oxidation sites excluding steroid dienone is 1. The van der Waals surface area contributed by atoms with E-state index in [4.69, 9.17) is 4.74 Å². The zero-order chi connectivity index (χ0) is 14.2. The minimum Gasteiger partial charge on any atom is -0.501 e. The van der Waals surface area contributed by atoms with Crippen LogP contribution in [-0.2, 0) is 4.74 Å². The van der Waals surface area contributed by atoms with Crippen LogP contribution in [0.4, 0.5) is 4.39 Å². The third-order valence-corrected chi connectivity index (χ3v) is 3.95. The van der Waals surface area contributed by atoms with Crippen LogP contribution in [0.25, 0.3) is 0 Å². The number of piperidine rings is 1. The highest BCUT2D eigenvalue weighted by atomic mass is 19.1. The fourth-order valence-corrected chi connectivity index (χ4v) is 2.82. The Hall–Kier alpha value is -1.35. The smallest absolute Gasteiger partial charge is 0.123 e. The van der Waals surface area contributed by atoms with Crippen molar-refractivity contribution in [3.63, 3.8) is 0 Å². The maximum atomic E-state index is 13.1. The molecule has 110 valence electrons. The predicted molar refractivity (Wildman–Crippen MR) is 80.1 cm³/mol. The lowest BCUT2D eigenvalue weighted by molar-refractivity contribution is 0.201. The summed E-state index contributed by atoms with van der Waals surface area (Å²) >= 11 is 0. The van der Waals surface area contributed by atoms with Crippen LogP contribution < -0.4 is 5.32 Å². The topological polar surface area (TPSA) is 21.3 Å². The summed E-state index contributed by atoms with van der Waals surface area (Å²) in [6.07, 6.45) is 7.19. The first-order valence-electron chi connectivity index (χ1n) is 7.48. The quantitative estimate of drug-likeness (QED) is 0.797. The van der Waals surface area contributed by atoms with Crippen molar-refractivity contribution >= 4 is 0 Å². The van der Waals surface area contributed by atoms with Crippen molar-refractivity contribution in [2.75, 3.05) is 19.7 Å². The summed E-state index contributed by atoms with van der Waals surface area (Å²) in [5.41, 5.74) is 1.18. The molecule has 2 nitrogen and oxygen atoms in total. The van der Waals surface area contributed by atoms with Crippen LogP contribution in [0.3, 0.4) is 0 Å². The Morgan fingerprint density at radius 3 is 2.65 bits per heavy atom. The Labute approximate surface area is 121 Å². The van der Waals surface area contributed by atoms with Gasteiger partial charge in [0.05, 0.1) is 12.9 Å². The zero-order valence-electron chi connectivity index (χ0n) is 12.1. The van der Waals surface area contributed by atoms with E-state index in [0.29, 0.717) is 12.5 Å². The van der Waals surface area contributed by atoms with Gasteiger partial charge in [0.2, 0.25) is 0 Å².